The molecule has 1 aliphatic rings. The van der Waals surface area contributed by atoms with E-state index in [9.17, 15) is 0 Å². The van der Waals surface area contributed by atoms with Gasteiger partial charge in [0.05, 0.1) is 5.76 Å². The van der Waals surface area contributed by atoms with Gasteiger partial charge in [0.1, 0.15) is 0 Å². The monoisotopic (exact) mass is 328 g/mol. The molecule has 0 unspecified atom stereocenters. The summed E-state index contributed by atoms with van der Waals surface area (Å²) < 4.78 is 6.24. The van der Waals surface area contributed by atoms with Gasteiger partial charge in [-0.1, -0.05) is 56.2 Å². The molecule has 1 aromatic carbocycles. The van der Waals surface area contributed by atoms with Gasteiger partial charge in [-0.05, 0) is 56.1 Å². The Morgan fingerprint density at radius 2 is 1.87 bits per heavy atom. The Morgan fingerprint density at radius 1 is 1.13 bits per heavy atom. The van der Waals surface area contributed by atoms with Gasteiger partial charge in [0.2, 0.25) is 8.32 Å². The summed E-state index contributed by atoms with van der Waals surface area (Å²) in [5, 5.41) is 0. The lowest BCUT2D eigenvalue weighted by Gasteiger charge is -2.25. The van der Waals surface area contributed by atoms with Gasteiger partial charge < -0.3 is 4.43 Å². The fourth-order valence-electron chi connectivity index (χ4n) is 3.15. The molecule has 0 amide bonds. The number of hydrogen-bond acceptors (Lipinski definition) is 1. The molecule has 1 atom stereocenters. The fourth-order valence-corrected chi connectivity index (χ4v) is 4.10. The third-order valence-electron chi connectivity index (χ3n) is 4.18. The van der Waals surface area contributed by atoms with Crippen LogP contribution in [0.2, 0.25) is 19.6 Å². The maximum absolute atomic E-state index is 6.24. The van der Waals surface area contributed by atoms with Crippen molar-refractivity contribution in [2.24, 2.45) is 0 Å². The van der Waals surface area contributed by atoms with Crippen LogP contribution in [0.5, 0.6) is 0 Å². The number of benzene rings is 1. The third kappa shape index (κ3) is 6.38. The van der Waals surface area contributed by atoms with Crippen molar-refractivity contribution in [1.29, 1.82) is 0 Å². The van der Waals surface area contributed by atoms with E-state index in [-0.39, 0.29) is 0 Å². The molecule has 0 spiro atoms. The first-order chi connectivity index (χ1) is 11.0. The van der Waals surface area contributed by atoms with E-state index in [0.29, 0.717) is 5.92 Å². The van der Waals surface area contributed by atoms with Crippen molar-refractivity contribution in [1.82, 2.24) is 0 Å². The van der Waals surface area contributed by atoms with Crippen molar-refractivity contribution in [2.75, 3.05) is 0 Å². The van der Waals surface area contributed by atoms with Gasteiger partial charge in [-0.2, -0.15) is 0 Å². The van der Waals surface area contributed by atoms with Gasteiger partial charge in [-0.3, -0.25) is 0 Å². The Labute approximate surface area is 143 Å². The van der Waals surface area contributed by atoms with Crippen LogP contribution in [0, 0.1) is 0 Å². The molecule has 0 saturated carbocycles. The molecule has 0 bridgehead atoms. The molecule has 23 heavy (non-hydrogen) atoms. The summed E-state index contributed by atoms with van der Waals surface area (Å²) >= 11 is 0. The molecule has 0 aliphatic heterocycles. The molecule has 0 fully saturated rings. The Bertz CT molecular complexity index is 537. The van der Waals surface area contributed by atoms with E-state index in [1.165, 1.54) is 49.0 Å². The summed E-state index contributed by atoms with van der Waals surface area (Å²) in [7, 11) is -1.49. The van der Waals surface area contributed by atoms with Crippen molar-refractivity contribution in [2.45, 2.75) is 71.0 Å². The quantitative estimate of drug-likeness (QED) is 0.500. The first-order valence-corrected chi connectivity index (χ1v) is 12.5. The maximum Gasteiger partial charge on any atom is 0.241 e. The van der Waals surface area contributed by atoms with E-state index in [1.54, 1.807) is 0 Å². The van der Waals surface area contributed by atoms with Crippen LogP contribution in [0.3, 0.4) is 0 Å². The lowest BCUT2D eigenvalue weighted by atomic mass is 9.89. The molecular formula is C21H32OSi. The zero-order valence-corrected chi connectivity index (χ0v) is 16.3. The molecule has 2 rings (SSSR count). The Kier molecular flexibility index (Phi) is 6.70. The number of rotatable bonds is 7. The van der Waals surface area contributed by atoms with Crippen LogP contribution >= 0.6 is 0 Å². The summed E-state index contributed by atoms with van der Waals surface area (Å²) in [5.41, 5.74) is 2.91. The van der Waals surface area contributed by atoms with E-state index in [1.807, 2.05) is 0 Å². The maximum atomic E-state index is 6.24. The van der Waals surface area contributed by atoms with E-state index < -0.39 is 8.32 Å². The molecule has 2 heteroatoms. The zero-order valence-electron chi connectivity index (χ0n) is 15.3. The zero-order chi connectivity index (χ0) is 16.7. The average Bonchev–Trinajstić information content (AvgIpc) is 2.51. The highest BCUT2D eigenvalue weighted by Crippen LogP contribution is 2.30. The largest absolute Gasteiger partial charge is 0.547 e. The molecule has 1 aromatic rings. The summed E-state index contributed by atoms with van der Waals surface area (Å²) in [6.07, 6.45) is 12.1. The number of hydrogen-bond donors (Lipinski definition) is 0. The van der Waals surface area contributed by atoms with Crippen LogP contribution in [-0.2, 0) is 4.43 Å². The molecule has 0 saturated heterocycles. The average molecular weight is 329 g/mol. The molecule has 0 N–H and O–H groups in total. The van der Waals surface area contributed by atoms with Crippen LogP contribution in [0.4, 0.5) is 0 Å². The smallest absolute Gasteiger partial charge is 0.241 e. The molecular weight excluding hydrogens is 296 g/mol. The minimum absolute atomic E-state index is 0.536. The number of allylic oxidation sites excluding steroid dienone is 4. The highest BCUT2D eigenvalue weighted by atomic mass is 28.4. The van der Waals surface area contributed by atoms with Crippen LogP contribution in [0.25, 0.3) is 0 Å². The topological polar surface area (TPSA) is 9.23 Å². The van der Waals surface area contributed by atoms with Crippen LogP contribution in [0.1, 0.15) is 56.9 Å². The SMILES string of the molecule is CCCC[C@H](/C=C1/C=C(O[Si](C)(C)C)CCC1)c1ccccc1. The van der Waals surface area contributed by atoms with Crippen molar-refractivity contribution >= 4 is 8.32 Å². The van der Waals surface area contributed by atoms with E-state index in [0.717, 1.165) is 6.42 Å². The highest BCUT2D eigenvalue weighted by Gasteiger charge is 2.20. The minimum Gasteiger partial charge on any atom is -0.547 e. The fraction of sp³-hybridized carbons (Fsp3) is 0.524. The summed E-state index contributed by atoms with van der Waals surface area (Å²) in [6.45, 7) is 9.06. The number of unbranched alkanes of at least 4 members (excludes halogenated alkanes) is 1. The molecule has 0 heterocycles. The summed E-state index contributed by atoms with van der Waals surface area (Å²) in [4.78, 5) is 0. The first kappa shape index (κ1) is 18.1. The van der Waals surface area contributed by atoms with Gasteiger partial charge in [0, 0.05) is 12.3 Å². The second-order valence-electron chi connectivity index (χ2n) is 7.58. The van der Waals surface area contributed by atoms with Crippen molar-refractivity contribution in [3.8, 4) is 0 Å². The Morgan fingerprint density at radius 3 is 2.52 bits per heavy atom. The van der Waals surface area contributed by atoms with Crippen molar-refractivity contribution in [3.05, 3.63) is 59.4 Å². The van der Waals surface area contributed by atoms with E-state index in [4.69, 9.17) is 4.43 Å². The molecule has 126 valence electrons. The predicted octanol–water partition coefficient (Wildman–Crippen LogP) is 6.81. The lowest BCUT2D eigenvalue weighted by molar-refractivity contribution is 0.388. The van der Waals surface area contributed by atoms with Crippen molar-refractivity contribution < 1.29 is 4.43 Å². The highest BCUT2D eigenvalue weighted by molar-refractivity contribution is 6.70. The van der Waals surface area contributed by atoms with Crippen molar-refractivity contribution in [3.63, 3.8) is 0 Å². The first-order valence-electron chi connectivity index (χ1n) is 9.13. The second-order valence-corrected chi connectivity index (χ2v) is 12.0. The Hall–Kier alpha value is -1.28. The van der Waals surface area contributed by atoms with Crippen LogP contribution in [-0.4, -0.2) is 8.32 Å². The van der Waals surface area contributed by atoms with E-state index in [2.05, 4.69) is 69.0 Å². The normalized spacial score (nSPS) is 18.6. The van der Waals surface area contributed by atoms with Gasteiger partial charge in [0.15, 0.2) is 0 Å². The molecule has 0 aromatic heterocycles. The van der Waals surface area contributed by atoms with Gasteiger partial charge in [0.25, 0.3) is 0 Å². The predicted molar refractivity (Wildman–Crippen MR) is 103 cm³/mol. The molecule has 1 aliphatic carbocycles. The summed E-state index contributed by atoms with van der Waals surface area (Å²) in [6, 6.07) is 11.0. The lowest BCUT2D eigenvalue weighted by Crippen LogP contribution is -2.25. The summed E-state index contributed by atoms with van der Waals surface area (Å²) in [5.74, 6) is 1.75. The van der Waals surface area contributed by atoms with E-state index >= 15 is 0 Å². The standard InChI is InChI=1S/C21H32OSi/c1-5-6-12-20(19-13-8-7-9-14-19)16-18-11-10-15-21(17-18)22-23(2,3)4/h7-9,13-14,16-17,20H,5-6,10-12,15H2,1-4H3/b18-16+/t20-/m1/s1. The molecule has 1 nitrogen and oxygen atoms in total. The van der Waals surface area contributed by atoms with Crippen LogP contribution in [0.15, 0.2) is 53.8 Å². The second kappa shape index (κ2) is 8.54. The van der Waals surface area contributed by atoms with Gasteiger partial charge >= 0.3 is 0 Å². The Balaban J connectivity index is 2.18. The van der Waals surface area contributed by atoms with Gasteiger partial charge in [-0.15, -0.1) is 0 Å². The van der Waals surface area contributed by atoms with Gasteiger partial charge in [-0.25, -0.2) is 0 Å². The van der Waals surface area contributed by atoms with Crippen LogP contribution < -0.4 is 0 Å². The minimum atomic E-state index is -1.49. The third-order valence-corrected chi connectivity index (χ3v) is 5.06. The molecule has 0 radical (unpaired) electrons.